The first-order valence-corrected chi connectivity index (χ1v) is 7.21. The van der Waals surface area contributed by atoms with E-state index in [4.69, 9.17) is 27.9 Å². The van der Waals surface area contributed by atoms with Crippen molar-refractivity contribution in [3.63, 3.8) is 0 Å². The van der Waals surface area contributed by atoms with Crippen molar-refractivity contribution < 1.29 is 9.53 Å². The van der Waals surface area contributed by atoms with Gasteiger partial charge in [0.2, 0.25) is 11.2 Å². The number of amides is 1. The van der Waals surface area contributed by atoms with E-state index in [2.05, 4.69) is 20.6 Å². The first kappa shape index (κ1) is 15.4. The molecule has 6 nitrogen and oxygen atoms in total. The zero-order valence-corrected chi connectivity index (χ0v) is 12.4. The molecule has 110 valence electrons. The molecule has 8 heteroatoms. The zero-order chi connectivity index (χ0) is 14.4. The molecule has 2 rings (SSSR count). The van der Waals surface area contributed by atoms with Crippen molar-refractivity contribution in [3.05, 3.63) is 16.5 Å². The first-order chi connectivity index (χ1) is 9.63. The Balaban J connectivity index is 1.72. The number of piperidine rings is 1. The van der Waals surface area contributed by atoms with Gasteiger partial charge in [0.25, 0.3) is 0 Å². The molecular formula is C12H16Cl2N4O2. The number of carbonyl (C=O) groups excluding carboxylic acids is 1. The molecule has 1 aliphatic heterocycles. The highest BCUT2D eigenvalue weighted by Gasteiger charge is 2.14. The van der Waals surface area contributed by atoms with Gasteiger partial charge >= 0.3 is 0 Å². The minimum atomic E-state index is -0.190. The molecule has 1 aliphatic rings. The number of anilines is 1. The number of rotatable bonds is 5. The molecule has 1 aromatic heterocycles. The Morgan fingerprint density at radius 3 is 2.85 bits per heavy atom. The van der Waals surface area contributed by atoms with E-state index < -0.39 is 0 Å². The van der Waals surface area contributed by atoms with Crippen LogP contribution < -0.4 is 10.6 Å². The Labute approximate surface area is 127 Å². The molecular weight excluding hydrogens is 303 g/mol. The number of aromatic nitrogens is 2. The van der Waals surface area contributed by atoms with Gasteiger partial charge in [-0.2, -0.15) is 0 Å². The van der Waals surface area contributed by atoms with Crippen molar-refractivity contribution in [1.82, 2.24) is 15.3 Å². The highest BCUT2D eigenvalue weighted by molar-refractivity contribution is 6.32. The summed E-state index contributed by atoms with van der Waals surface area (Å²) in [5.74, 6) is 0.103. The summed E-state index contributed by atoms with van der Waals surface area (Å²) in [5.41, 5.74) is 0. The lowest BCUT2D eigenvalue weighted by Crippen LogP contribution is -2.33. The monoisotopic (exact) mass is 318 g/mol. The van der Waals surface area contributed by atoms with Crippen molar-refractivity contribution in [3.8, 4) is 0 Å². The van der Waals surface area contributed by atoms with Crippen molar-refractivity contribution in [2.45, 2.75) is 25.4 Å². The number of hydrogen-bond donors (Lipinski definition) is 2. The molecule has 2 heterocycles. The van der Waals surface area contributed by atoms with Crippen molar-refractivity contribution in [1.29, 1.82) is 0 Å². The molecule has 20 heavy (non-hydrogen) atoms. The molecule has 0 unspecified atom stereocenters. The minimum Gasteiger partial charge on any atom is -0.378 e. The maximum Gasteiger partial charge on any atom is 0.227 e. The third-order valence-electron chi connectivity index (χ3n) is 2.90. The predicted molar refractivity (Wildman–Crippen MR) is 77.1 cm³/mol. The first-order valence-electron chi connectivity index (χ1n) is 6.46. The van der Waals surface area contributed by atoms with E-state index in [9.17, 15) is 4.79 Å². The Hall–Kier alpha value is -0.950. The molecule has 2 N–H and O–H groups in total. The average molecular weight is 319 g/mol. The molecule has 1 fully saturated rings. The zero-order valence-electron chi connectivity index (χ0n) is 10.9. The minimum absolute atomic E-state index is 0.00115. The van der Waals surface area contributed by atoms with Crippen molar-refractivity contribution in [2.24, 2.45) is 0 Å². The van der Waals surface area contributed by atoms with Crippen LogP contribution in [0.3, 0.4) is 0 Å². The quantitative estimate of drug-likeness (QED) is 0.640. The number of nitrogens with zero attached hydrogens (tertiary/aromatic N) is 2. The van der Waals surface area contributed by atoms with Crippen LogP contribution in [0.1, 0.15) is 19.3 Å². The van der Waals surface area contributed by atoms with Crippen LogP contribution in [0.4, 0.5) is 5.82 Å². The molecule has 1 amide bonds. The number of ether oxygens (including phenoxy) is 1. The van der Waals surface area contributed by atoms with Gasteiger partial charge in [0, 0.05) is 6.07 Å². The van der Waals surface area contributed by atoms with Crippen molar-refractivity contribution in [2.75, 3.05) is 25.0 Å². The van der Waals surface area contributed by atoms with Gasteiger partial charge in [-0.1, -0.05) is 11.6 Å². The third-order valence-corrected chi connectivity index (χ3v) is 3.27. The highest BCUT2D eigenvalue weighted by Crippen LogP contribution is 2.14. The third kappa shape index (κ3) is 5.20. The van der Waals surface area contributed by atoms with E-state index in [0.717, 1.165) is 25.9 Å². The topological polar surface area (TPSA) is 76.1 Å². The van der Waals surface area contributed by atoms with Gasteiger partial charge in [-0.25, -0.2) is 9.97 Å². The van der Waals surface area contributed by atoms with Gasteiger partial charge in [-0.05, 0) is 37.5 Å². The van der Waals surface area contributed by atoms with Crippen LogP contribution in [0, 0.1) is 0 Å². The van der Waals surface area contributed by atoms with E-state index in [1.54, 1.807) is 0 Å². The average Bonchev–Trinajstić information content (AvgIpc) is 2.38. The van der Waals surface area contributed by atoms with Crippen LogP contribution in [0.25, 0.3) is 0 Å². The normalized spacial score (nSPS) is 16.1. The fourth-order valence-electron chi connectivity index (χ4n) is 1.94. The van der Waals surface area contributed by atoms with Crippen LogP contribution in [0.5, 0.6) is 0 Å². The Kier molecular flexibility index (Phi) is 5.97. The van der Waals surface area contributed by atoms with Gasteiger partial charge < -0.3 is 15.4 Å². The lowest BCUT2D eigenvalue weighted by atomic mass is 10.1. The summed E-state index contributed by atoms with van der Waals surface area (Å²) in [4.78, 5) is 19.3. The van der Waals surface area contributed by atoms with E-state index in [-0.39, 0.29) is 28.9 Å². The summed E-state index contributed by atoms with van der Waals surface area (Å²) >= 11 is 11.4. The van der Waals surface area contributed by atoms with Gasteiger partial charge in [-0.15, -0.1) is 0 Å². The smallest absolute Gasteiger partial charge is 0.227 e. The number of nitrogens with one attached hydrogen (secondary N) is 2. The van der Waals surface area contributed by atoms with Gasteiger partial charge in [0.15, 0.2) is 0 Å². The van der Waals surface area contributed by atoms with Crippen LogP contribution in [-0.4, -0.2) is 41.7 Å². The Morgan fingerprint density at radius 2 is 2.15 bits per heavy atom. The summed E-state index contributed by atoms with van der Waals surface area (Å²) in [6.07, 6.45) is 2.48. The summed E-state index contributed by atoms with van der Waals surface area (Å²) < 4.78 is 5.65. The summed E-state index contributed by atoms with van der Waals surface area (Å²) in [5, 5.41) is 6.05. The summed E-state index contributed by atoms with van der Waals surface area (Å²) in [6.45, 7) is 2.33. The molecule has 0 atom stereocenters. The second kappa shape index (κ2) is 7.73. The number of carbonyl (C=O) groups is 1. The van der Waals surface area contributed by atoms with E-state index in [1.165, 1.54) is 6.07 Å². The fraction of sp³-hybridized carbons (Fsp3) is 0.583. The Bertz CT molecular complexity index is 447. The molecule has 0 bridgehead atoms. The van der Waals surface area contributed by atoms with E-state index >= 15 is 0 Å². The van der Waals surface area contributed by atoms with E-state index in [1.807, 2.05) is 0 Å². The summed E-state index contributed by atoms with van der Waals surface area (Å²) in [6, 6.07) is 1.44. The molecule has 0 aromatic carbocycles. The molecule has 0 aliphatic carbocycles. The van der Waals surface area contributed by atoms with Gasteiger partial charge in [-0.3, -0.25) is 4.79 Å². The number of halogens is 2. The van der Waals surface area contributed by atoms with Crippen LogP contribution >= 0.6 is 23.2 Å². The molecule has 0 saturated carbocycles. The van der Waals surface area contributed by atoms with Crippen LogP contribution in [0.15, 0.2) is 6.07 Å². The molecule has 1 aromatic rings. The van der Waals surface area contributed by atoms with Gasteiger partial charge in [0.05, 0.1) is 19.1 Å². The standard InChI is InChI=1S/C12H16Cl2N4O2/c13-9-7-10(18-12(14)16-9)17-11(19)3-6-20-8-1-4-15-5-2-8/h7-8,15H,1-6H2,(H,16,17,18,19). The lowest BCUT2D eigenvalue weighted by Gasteiger charge is -2.22. The van der Waals surface area contributed by atoms with Crippen LogP contribution in [0.2, 0.25) is 10.4 Å². The second-order valence-electron chi connectivity index (χ2n) is 4.46. The largest absolute Gasteiger partial charge is 0.378 e. The maximum atomic E-state index is 11.7. The van der Waals surface area contributed by atoms with Crippen LogP contribution in [-0.2, 0) is 9.53 Å². The predicted octanol–water partition coefficient (Wildman–Crippen LogP) is 1.88. The number of hydrogen-bond acceptors (Lipinski definition) is 5. The SMILES string of the molecule is O=C(CCOC1CCNCC1)Nc1cc(Cl)nc(Cl)n1. The highest BCUT2D eigenvalue weighted by atomic mass is 35.5. The van der Waals surface area contributed by atoms with Crippen molar-refractivity contribution >= 4 is 34.9 Å². The summed E-state index contributed by atoms with van der Waals surface area (Å²) in [7, 11) is 0. The fourth-order valence-corrected chi connectivity index (χ4v) is 2.35. The molecule has 0 spiro atoms. The lowest BCUT2D eigenvalue weighted by molar-refractivity contribution is -0.117. The van der Waals surface area contributed by atoms with Gasteiger partial charge in [0.1, 0.15) is 11.0 Å². The molecule has 0 radical (unpaired) electrons. The second-order valence-corrected chi connectivity index (χ2v) is 5.19. The maximum absolute atomic E-state index is 11.7. The Morgan fingerprint density at radius 1 is 1.40 bits per heavy atom. The molecule has 1 saturated heterocycles. The van der Waals surface area contributed by atoms with E-state index in [0.29, 0.717) is 12.4 Å².